The smallest absolute Gasteiger partial charge is 0.318 e. The Labute approximate surface area is 99.0 Å². The maximum atomic E-state index is 11.8. The van der Waals surface area contributed by atoms with Crippen molar-refractivity contribution in [2.75, 3.05) is 13.2 Å². The third-order valence-electron chi connectivity index (χ3n) is 1.21. The van der Waals surface area contributed by atoms with E-state index in [0.717, 1.165) is 5.57 Å². The minimum absolute atomic E-state index is 0. The Morgan fingerprint density at radius 1 is 1.29 bits per heavy atom. The van der Waals surface area contributed by atoms with Gasteiger partial charge in [0.2, 0.25) is 0 Å². The van der Waals surface area contributed by atoms with Gasteiger partial charge in [-0.15, -0.1) is 20.0 Å². The van der Waals surface area contributed by atoms with Crippen LogP contribution in [0.15, 0.2) is 11.6 Å². The summed E-state index contributed by atoms with van der Waals surface area (Å²) in [6.07, 6.45) is 3.27. The largest absolute Gasteiger partial charge is 1.00 e. The predicted molar refractivity (Wildman–Crippen MR) is 54.6 cm³/mol. The standard InChI is InChI=1S/C9H18O3P.Li/c1-5-11-13(10,12-6-2)8-7-9(3)4;/h7-8H,5-6H2,1-4H3;/q-1;+1. The Morgan fingerprint density at radius 3 is 2.00 bits per heavy atom. The maximum absolute atomic E-state index is 11.8. The second-order valence-electron chi connectivity index (χ2n) is 2.77. The van der Waals surface area contributed by atoms with Gasteiger partial charge in [-0.05, 0) is 13.8 Å². The van der Waals surface area contributed by atoms with E-state index in [1.165, 1.54) is 6.16 Å². The second kappa shape index (κ2) is 8.65. The molecule has 0 aromatic rings. The fraction of sp³-hybridized carbons (Fsp3) is 0.667. The van der Waals surface area contributed by atoms with Crippen molar-refractivity contribution in [2.24, 2.45) is 0 Å². The molecule has 0 unspecified atom stereocenters. The van der Waals surface area contributed by atoms with Gasteiger partial charge in [0.25, 0.3) is 7.60 Å². The molecule has 0 spiro atoms. The van der Waals surface area contributed by atoms with Gasteiger partial charge in [-0.25, -0.2) is 11.6 Å². The molecule has 0 bridgehead atoms. The Hall–Kier alpha value is 0.357. The zero-order chi connectivity index (χ0) is 10.3. The first-order valence-electron chi connectivity index (χ1n) is 4.42. The van der Waals surface area contributed by atoms with Crippen molar-refractivity contribution in [2.45, 2.75) is 27.7 Å². The van der Waals surface area contributed by atoms with Gasteiger partial charge >= 0.3 is 18.9 Å². The van der Waals surface area contributed by atoms with Gasteiger partial charge in [0.1, 0.15) is 0 Å². The molecule has 0 rings (SSSR count). The van der Waals surface area contributed by atoms with Gasteiger partial charge in [-0.1, -0.05) is 0 Å². The molecular formula is C9H18LiO3P. The normalized spacial score (nSPS) is 10.3. The Bertz CT molecular complexity index is 202. The van der Waals surface area contributed by atoms with Crippen LogP contribution in [-0.2, 0) is 13.6 Å². The molecule has 0 aliphatic heterocycles. The van der Waals surface area contributed by atoms with Crippen molar-refractivity contribution < 1.29 is 32.5 Å². The van der Waals surface area contributed by atoms with Gasteiger partial charge in [0, 0.05) is 0 Å². The van der Waals surface area contributed by atoms with Gasteiger partial charge in [0.15, 0.2) is 0 Å². The summed E-state index contributed by atoms with van der Waals surface area (Å²) in [5.74, 6) is 0. The molecule has 5 heteroatoms. The monoisotopic (exact) mass is 212 g/mol. The summed E-state index contributed by atoms with van der Waals surface area (Å²) in [6, 6.07) is 0. The third-order valence-corrected chi connectivity index (χ3v) is 2.96. The second-order valence-corrected chi connectivity index (χ2v) is 4.66. The predicted octanol–water partition coefficient (Wildman–Crippen LogP) is 0.384. The van der Waals surface area contributed by atoms with Gasteiger partial charge in [0.05, 0.1) is 13.2 Å². The molecule has 0 heterocycles. The molecule has 0 N–H and O–H groups in total. The first-order valence-corrected chi connectivity index (χ1v) is 6.03. The summed E-state index contributed by atoms with van der Waals surface area (Å²) >= 11 is 0. The molecule has 78 valence electrons. The minimum atomic E-state index is -2.97. The number of hydrogen-bond donors (Lipinski definition) is 0. The summed E-state index contributed by atoms with van der Waals surface area (Å²) < 4.78 is 21.9. The van der Waals surface area contributed by atoms with Crippen molar-refractivity contribution in [3.63, 3.8) is 0 Å². The third kappa shape index (κ3) is 7.73. The van der Waals surface area contributed by atoms with Crippen LogP contribution in [0.4, 0.5) is 0 Å². The zero-order valence-electron chi connectivity index (χ0n) is 9.74. The average molecular weight is 212 g/mol. The van der Waals surface area contributed by atoms with Gasteiger partial charge < -0.3 is 9.05 Å². The summed E-state index contributed by atoms with van der Waals surface area (Å²) in [7, 11) is -2.97. The molecular weight excluding hydrogens is 194 g/mol. The fourth-order valence-corrected chi connectivity index (χ4v) is 2.17. The van der Waals surface area contributed by atoms with E-state index in [1.807, 2.05) is 13.8 Å². The zero-order valence-corrected chi connectivity index (χ0v) is 10.6. The van der Waals surface area contributed by atoms with E-state index in [4.69, 9.17) is 9.05 Å². The summed E-state index contributed by atoms with van der Waals surface area (Å²) in [5.41, 5.74) is 1.07. The molecule has 0 saturated heterocycles. The molecule has 0 aromatic carbocycles. The Balaban J connectivity index is 0. The summed E-state index contributed by atoms with van der Waals surface area (Å²) in [5, 5.41) is 0. The van der Waals surface area contributed by atoms with E-state index >= 15 is 0 Å². The Kier molecular flexibility index (Phi) is 10.4. The van der Waals surface area contributed by atoms with Crippen LogP contribution in [-0.4, -0.2) is 13.2 Å². The fourth-order valence-electron chi connectivity index (χ4n) is 0.724. The van der Waals surface area contributed by atoms with Gasteiger partial charge in [-0.3, -0.25) is 4.57 Å². The van der Waals surface area contributed by atoms with Crippen molar-refractivity contribution in [3.8, 4) is 0 Å². The molecule has 0 amide bonds. The average Bonchev–Trinajstić information content (AvgIpc) is 2.02. The van der Waals surface area contributed by atoms with Crippen molar-refractivity contribution >= 4 is 7.60 Å². The van der Waals surface area contributed by atoms with Crippen molar-refractivity contribution in [1.82, 2.24) is 0 Å². The molecule has 0 saturated carbocycles. The van der Waals surface area contributed by atoms with Crippen molar-refractivity contribution in [3.05, 3.63) is 17.8 Å². The SMILES string of the molecule is CCOP(=O)([CH-]C=C(C)C)OCC.[Li+]. The molecule has 0 aliphatic carbocycles. The van der Waals surface area contributed by atoms with E-state index in [0.29, 0.717) is 13.2 Å². The molecule has 0 aromatic heterocycles. The van der Waals surface area contributed by atoms with E-state index in [1.54, 1.807) is 19.9 Å². The first kappa shape index (κ1) is 16.8. The van der Waals surface area contributed by atoms with E-state index < -0.39 is 7.60 Å². The number of hydrogen-bond acceptors (Lipinski definition) is 3. The molecule has 0 atom stereocenters. The molecule has 3 nitrogen and oxygen atoms in total. The van der Waals surface area contributed by atoms with Crippen LogP contribution in [0.5, 0.6) is 0 Å². The number of allylic oxidation sites excluding steroid dienone is 2. The van der Waals surface area contributed by atoms with Crippen molar-refractivity contribution in [1.29, 1.82) is 0 Å². The minimum Gasteiger partial charge on any atom is -0.318 e. The van der Waals surface area contributed by atoms with E-state index in [2.05, 4.69) is 0 Å². The van der Waals surface area contributed by atoms with Crippen LogP contribution in [0.25, 0.3) is 0 Å². The van der Waals surface area contributed by atoms with E-state index in [-0.39, 0.29) is 18.9 Å². The molecule has 14 heavy (non-hydrogen) atoms. The van der Waals surface area contributed by atoms with Crippen LogP contribution in [0.2, 0.25) is 0 Å². The van der Waals surface area contributed by atoms with Crippen LogP contribution in [0.1, 0.15) is 27.7 Å². The Morgan fingerprint density at radius 2 is 1.71 bits per heavy atom. The van der Waals surface area contributed by atoms with E-state index in [9.17, 15) is 4.57 Å². The van der Waals surface area contributed by atoms with Gasteiger partial charge in [-0.2, -0.15) is 0 Å². The molecule has 0 fully saturated rings. The summed E-state index contributed by atoms with van der Waals surface area (Å²) in [4.78, 5) is 0. The quantitative estimate of drug-likeness (QED) is 0.363. The molecule has 0 radical (unpaired) electrons. The van der Waals surface area contributed by atoms with Crippen LogP contribution < -0.4 is 18.9 Å². The van der Waals surface area contributed by atoms with Crippen LogP contribution in [0.3, 0.4) is 0 Å². The first-order chi connectivity index (χ1) is 6.04. The van der Waals surface area contributed by atoms with Crippen LogP contribution >= 0.6 is 7.60 Å². The van der Waals surface area contributed by atoms with Crippen LogP contribution in [0, 0.1) is 6.16 Å². The maximum Gasteiger partial charge on any atom is 1.00 e. The topological polar surface area (TPSA) is 35.5 Å². The summed E-state index contributed by atoms with van der Waals surface area (Å²) in [6.45, 7) is 8.23. The number of rotatable bonds is 6. The molecule has 0 aliphatic rings.